The van der Waals surface area contributed by atoms with E-state index in [1.807, 2.05) is 31.2 Å². The van der Waals surface area contributed by atoms with Crippen LogP contribution < -0.4 is 15.4 Å². The molecule has 2 heterocycles. The summed E-state index contributed by atoms with van der Waals surface area (Å²) in [7, 11) is 1.77. The van der Waals surface area contributed by atoms with Crippen LogP contribution in [-0.2, 0) is 0 Å². The zero-order chi connectivity index (χ0) is 20.6. The van der Waals surface area contributed by atoms with E-state index in [-0.39, 0.29) is 6.04 Å². The first-order valence-corrected chi connectivity index (χ1v) is 10.5. The van der Waals surface area contributed by atoms with Crippen molar-refractivity contribution in [3.8, 4) is 11.7 Å². The molecule has 10 heteroatoms. The number of para-hydroxylation sites is 1. The molecule has 3 rings (SSSR count). The van der Waals surface area contributed by atoms with Crippen molar-refractivity contribution in [3.63, 3.8) is 0 Å². The van der Waals surface area contributed by atoms with Gasteiger partial charge in [0.1, 0.15) is 12.1 Å². The van der Waals surface area contributed by atoms with Gasteiger partial charge in [0.2, 0.25) is 17.1 Å². The van der Waals surface area contributed by atoms with E-state index in [4.69, 9.17) is 4.74 Å². The number of aromatic nitrogens is 6. The Hall–Kier alpha value is -2.88. The number of nitrogens with one attached hydrogen (secondary N) is 2. The molecule has 0 spiro atoms. The molecule has 0 aliphatic heterocycles. The van der Waals surface area contributed by atoms with E-state index in [2.05, 4.69) is 49.5 Å². The fourth-order valence-corrected chi connectivity index (χ4v) is 3.00. The molecule has 154 valence electrons. The molecule has 0 radical (unpaired) electrons. The lowest BCUT2D eigenvalue weighted by Crippen LogP contribution is -2.18. The highest BCUT2D eigenvalue weighted by Crippen LogP contribution is 2.18. The maximum atomic E-state index is 5.81. The van der Waals surface area contributed by atoms with Gasteiger partial charge in [-0.2, -0.15) is 19.6 Å². The Kier molecular flexibility index (Phi) is 7.23. The van der Waals surface area contributed by atoms with Crippen molar-refractivity contribution in [2.45, 2.75) is 38.4 Å². The monoisotopic (exact) mass is 414 g/mol. The SMILES string of the molecule is CCC(C)Nc1nc(NC)nc(-n2cnc(SCCOc3ccccc3C)n2)n1. The summed E-state index contributed by atoms with van der Waals surface area (Å²) in [5.41, 5.74) is 1.12. The molecule has 0 fully saturated rings. The van der Waals surface area contributed by atoms with Crippen LogP contribution in [0.25, 0.3) is 5.95 Å². The molecule has 2 N–H and O–H groups in total. The van der Waals surface area contributed by atoms with Crippen molar-refractivity contribution in [1.29, 1.82) is 0 Å². The average Bonchev–Trinajstić information content (AvgIpc) is 3.21. The Morgan fingerprint density at radius 3 is 2.72 bits per heavy atom. The van der Waals surface area contributed by atoms with Gasteiger partial charge in [0.25, 0.3) is 5.95 Å². The molecule has 0 amide bonds. The predicted molar refractivity (Wildman–Crippen MR) is 115 cm³/mol. The van der Waals surface area contributed by atoms with Crippen LogP contribution in [-0.4, -0.2) is 55.2 Å². The lowest BCUT2D eigenvalue weighted by Gasteiger charge is -2.12. The smallest absolute Gasteiger partial charge is 0.258 e. The highest BCUT2D eigenvalue weighted by Gasteiger charge is 2.11. The van der Waals surface area contributed by atoms with Crippen LogP contribution in [0.1, 0.15) is 25.8 Å². The Morgan fingerprint density at radius 2 is 1.97 bits per heavy atom. The van der Waals surface area contributed by atoms with E-state index < -0.39 is 0 Å². The Balaban J connectivity index is 1.61. The number of ether oxygens (including phenoxy) is 1. The molecular weight excluding hydrogens is 388 g/mol. The van der Waals surface area contributed by atoms with Gasteiger partial charge in [0.05, 0.1) is 6.61 Å². The van der Waals surface area contributed by atoms with Crippen LogP contribution in [0, 0.1) is 6.92 Å². The summed E-state index contributed by atoms with van der Waals surface area (Å²) in [6.07, 6.45) is 2.57. The summed E-state index contributed by atoms with van der Waals surface area (Å²) in [6, 6.07) is 8.22. The molecule has 0 bridgehead atoms. The molecule has 1 atom stereocenters. The van der Waals surface area contributed by atoms with Crippen molar-refractivity contribution >= 4 is 23.7 Å². The molecule has 0 saturated carbocycles. The first-order chi connectivity index (χ1) is 14.1. The number of thioether (sulfide) groups is 1. The zero-order valence-electron chi connectivity index (χ0n) is 17.1. The number of benzene rings is 1. The molecular formula is C19H26N8OS. The topological polar surface area (TPSA) is 103 Å². The van der Waals surface area contributed by atoms with Crippen LogP contribution in [0.4, 0.5) is 11.9 Å². The summed E-state index contributed by atoms with van der Waals surface area (Å²) < 4.78 is 7.36. The van der Waals surface area contributed by atoms with Crippen LogP contribution in [0.5, 0.6) is 5.75 Å². The summed E-state index contributed by atoms with van der Waals surface area (Å²) >= 11 is 1.52. The molecule has 9 nitrogen and oxygen atoms in total. The minimum absolute atomic E-state index is 0.255. The zero-order valence-corrected chi connectivity index (χ0v) is 17.9. The highest BCUT2D eigenvalue weighted by atomic mass is 32.2. The molecule has 29 heavy (non-hydrogen) atoms. The van der Waals surface area contributed by atoms with Gasteiger partial charge in [-0.15, -0.1) is 5.10 Å². The number of aryl methyl sites for hydroxylation is 1. The van der Waals surface area contributed by atoms with Crippen LogP contribution in [0.3, 0.4) is 0 Å². The summed E-state index contributed by atoms with van der Waals surface area (Å²) in [6.45, 7) is 6.78. The van der Waals surface area contributed by atoms with Gasteiger partial charge in [-0.3, -0.25) is 0 Å². The Labute approximate surface area is 174 Å². The maximum absolute atomic E-state index is 5.81. The van der Waals surface area contributed by atoms with E-state index in [9.17, 15) is 0 Å². The van der Waals surface area contributed by atoms with Crippen molar-refractivity contribution in [2.24, 2.45) is 0 Å². The first kappa shape index (κ1) is 20.8. The van der Waals surface area contributed by atoms with Gasteiger partial charge in [0, 0.05) is 18.8 Å². The van der Waals surface area contributed by atoms with Crippen molar-refractivity contribution < 1.29 is 4.74 Å². The van der Waals surface area contributed by atoms with Crippen LogP contribution in [0.2, 0.25) is 0 Å². The standard InChI is InChI=1S/C19H26N8OS/c1-5-14(3)22-17-23-16(20-4)24-18(25-17)27-12-21-19(26-27)29-11-10-28-15-9-7-6-8-13(15)2/h6-9,12,14H,5,10-11H2,1-4H3,(H2,20,22,23,24,25). The van der Waals surface area contributed by atoms with Gasteiger partial charge in [-0.25, -0.2) is 4.98 Å². The Morgan fingerprint density at radius 1 is 1.17 bits per heavy atom. The minimum atomic E-state index is 0.255. The van der Waals surface area contributed by atoms with Crippen LogP contribution in [0.15, 0.2) is 35.7 Å². The lowest BCUT2D eigenvalue weighted by atomic mass is 10.2. The summed E-state index contributed by atoms with van der Waals surface area (Å²) in [5.74, 6) is 3.02. The lowest BCUT2D eigenvalue weighted by molar-refractivity contribution is 0.341. The van der Waals surface area contributed by atoms with Gasteiger partial charge in [-0.1, -0.05) is 36.9 Å². The van der Waals surface area contributed by atoms with E-state index in [0.29, 0.717) is 29.6 Å². The van der Waals surface area contributed by atoms with Crippen molar-refractivity contribution in [3.05, 3.63) is 36.2 Å². The van der Waals surface area contributed by atoms with Crippen LogP contribution >= 0.6 is 11.8 Å². The first-order valence-electron chi connectivity index (χ1n) is 9.52. The van der Waals surface area contributed by atoms with Gasteiger partial charge >= 0.3 is 0 Å². The molecule has 0 saturated heterocycles. The molecule has 1 unspecified atom stereocenters. The number of hydrogen-bond donors (Lipinski definition) is 2. The third kappa shape index (κ3) is 5.80. The third-order valence-corrected chi connectivity index (χ3v) is 4.99. The van der Waals surface area contributed by atoms with E-state index in [1.165, 1.54) is 11.8 Å². The number of nitrogens with zero attached hydrogens (tertiary/aromatic N) is 6. The third-order valence-electron chi connectivity index (χ3n) is 4.18. The highest BCUT2D eigenvalue weighted by molar-refractivity contribution is 7.99. The Bertz CT molecular complexity index is 932. The second kappa shape index (κ2) is 10.1. The number of anilines is 2. The molecule has 3 aromatic rings. The predicted octanol–water partition coefficient (Wildman–Crippen LogP) is 3.18. The van der Waals surface area contributed by atoms with Crippen molar-refractivity contribution in [1.82, 2.24) is 29.7 Å². The second-order valence-corrected chi connectivity index (χ2v) is 7.48. The molecule has 1 aromatic carbocycles. The van der Waals surface area contributed by atoms with E-state index in [0.717, 1.165) is 23.5 Å². The van der Waals surface area contributed by atoms with Crippen molar-refractivity contribution in [2.75, 3.05) is 30.0 Å². The summed E-state index contributed by atoms with van der Waals surface area (Å²) in [5, 5.41) is 11.3. The fourth-order valence-electron chi connectivity index (χ4n) is 2.38. The number of hydrogen-bond acceptors (Lipinski definition) is 9. The fraction of sp³-hybridized carbons (Fsp3) is 0.421. The maximum Gasteiger partial charge on any atom is 0.258 e. The van der Waals surface area contributed by atoms with E-state index in [1.54, 1.807) is 18.1 Å². The largest absolute Gasteiger partial charge is 0.492 e. The average molecular weight is 415 g/mol. The van der Waals surface area contributed by atoms with Gasteiger partial charge in [0.15, 0.2) is 0 Å². The normalized spacial score (nSPS) is 11.9. The second-order valence-electron chi connectivity index (χ2n) is 6.42. The summed E-state index contributed by atoms with van der Waals surface area (Å²) in [4.78, 5) is 17.5. The van der Waals surface area contributed by atoms with Gasteiger partial charge in [-0.05, 0) is 31.9 Å². The molecule has 0 aliphatic rings. The number of rotatable bonds is 10. The molecule has 0 aliphatic carbocycles. The molecule has 2 aromatic heterocycles. The van der Waals surface area contributed by atoms with E-state index >= 15 is 0 Å². The minimum Gasteiger partial charge on any atom is -0.492 e. The van der Waals surface area contributed by atoms with Gasteiger partial charge < -0.3 is 15.4 Å². The quantitative estimate of drug-likeness (QED) is 0.382.